The van der Waals surface area contributed by atoms with E-state index < -0.39 is 0 Å². The van der Waals surface area contributed by atoms with Gasteiger partial charge in [-0.15, -0.1) is 0 Å². The maximum absolute atomic E-state index is 5.76. The van der Waals surface area contributed by atoms with Crippen LogP contribution in [0.4, 0.5) is 0 Å². The molecule has 1 aromatic carbocycles. The Kier molecular flexibility index (Phi) is 3.32. The number of halogens is 1. The van der Waals surface area contributed by atoms with Crippen molar-refractivity contribution in [2.45, 2.75) is 25.7 Å². The molecule has 3 heteroatoms. The van der Waals surface area contributed by atoms with Crippen LogP contribution in [-0.4, -0.2) is 13.2 Å². The Morgan fingerprint density at radius 2 is 2.33 bits per heavy atom. The van der Waals surface area contributed by atoms with Crippen molar-refractivity contribution in [3.8, 4) is 5.75 Å². The molecule has 1 unspecified atom stereocenters. The van der Waals surface area contributed by atoms with E-state index in [1.807, 2.05) is 0 Å². The molecule has 0 saturated heterocycles. The second kappa shape index (κ2) is 4.54. The summed E-state index contributed by atoms with van der Waals surface area (Å²) >= 11 is 3.54. The highest BCUT2D eigenvalue weighted by atomic mass is 79.9. The Labute approximate surface area is 98.9 Å². The molecule has 0 amide bonds. The third-order valence-electron chi connectivity index (χ3n) is 2.88. The lowest BCUT2D eigenvalue weighted by atomic mass is 9.95. The molecule has 1 heterocycles. The van der Waals surface area contributed by atoms with Gasteiger partial charge in [-0.05, 0) is 48.6 Å². The number of fused-ring (bicyclic) bond motifs is 1. The summed E-state index contributed by atoms with van der Waals surface area (Å²) in [5, 5.41) is 0. The number of hydrogen-bond acceptors (Lipinski definition) is 2. The number of benzene rings is 1. The molecule has 1 atom stereocenters. The lowest BCUT2D eigenvalue weighted by Gasteiger charge is -2.23. The summed E-state index contributed by atoms with van der Waals surface area (Å²) in [6.07, 6.45) is 2.22. The minimum Gasteiger partial charge on any atom is -0.493 e. The van der Waals surface area contributed by atoms with Gasteiger partial charge in [0.25, 0.3) is 0 Å². The fourth-order valence-electron chi connectivity index (χ4n) is 1.96. The lowest BCUT2D eigenvalue weighted by Crippen LogP contribution is -2.15. The van der Waals surface area contributed by atoms with Gasteiger partial charge in [0.05, 0.1) is 6.61 Å². The predicted octanol–water partition coefficient (Wildman–Crippen LogP) is 2.84. The monoisotopic (exact) mass is 269 g/mol. The van der Waals surface area contributed by atoms with Crippen molar-refractivity contribution in [3.63, 3.8) is 0 Å². The first-order valence-electron chi connectivity index (χ1n) is 5.37. The van der Waals surface area contributed by atoms with Gasteiger partial charge in [-0.1, -0.05) is 22.9 Å². The molecular weight excluding hydrogens is 254 g/mol. The Hall–Kier alpha value is -0.540. The van der Waals surface area contributed by atoms with Crippen LogP contribution in [-0.2, 0) is 6.42 Å². The van der Waals surface area contributed by atoms with Gasteiger partial charge in [0, 0.05) is 4.47 Å². The molecule has 15 heavy (non-hydrogen) atoms. The average Bonchev–Trinajstić information content (AvgIpc) is 2.26. The highest BCUT2D eigenvalue weighted by Crippen LogP contribution is 2.36. The van der Waals surface area contributed by atoms with Crippen molar-refractivity contribution >= 4 is 15.9 Å². The van der Waals surface area contributed by atoms with Gasteiger partial charge in [0.1, 0.15) is 5.75 Å². The van der Waals surface area contributed by atoms with Crippen LogP contribution in [0.25, 0.3) is 0 Å². The molecule has 2 nitrogen and oxygen atoms in total. The van der Waals surface area contributed by atoms with Crippen LogP contribution in [0.5, 0.6) is 5.75 Å². The van der Waals surface area contributed by atoms with Crippen molar-refractivity contribution in [1.29, 1.82) is 0 Å². The standard InChI is InChI=1S/C12H16BrNO/c1-8(7-14)11-6-10(13)5-9-3-2-4-15-12(9)11/h5-6,8H,2-4,7,14H2,1H3. The van der Waals surface area contributed by atoms with E-state index in [0.29, 0.717) is 12.5 Å². The topological polar surface area (TPSA) is 35.2 Å². The van der Waals surface area contributed by atoms with Gasteiger partial charge in [-0.3, -0.25) is 0 Å². The molecule has 1 aliphatic rings. The normalized spacial score (nSPS) is 16.7. The van der Waals surface area contributed by atoms with Gasteiger partial charge in [-0.2, -0.15) is 0 Å². The van der Waals surface area contributed by atoms with Gasteiger partial charge in [0.15, 0.2) is 0 Å². The molecule has 0 fully saturated rings. The zero-order valence-electron chi connectivity index (χ0n) is 8.92. The fraction of sp³-hybridized carbons (Fsp3) is 0.500. The molecule has 82 valence electrons. The molecule has 2 N–H and O–H groups in total. The summed E-state index contributed by atoms with van der Waals surface area (Å²) in [5.41, 5.74) is 8.27. The second-order valence-electron chi connectivity index (χ2n) is 4.07. The van der Waals surface area contributed by atoms with Crippen LogP contribution in [0.2, 0.25) is 0 Å². The van der Waals surface area contributed by atoms with Crippen LogP contribution >= 0.6 is 15.9 Å². The molecule has 0 bridgehead atoms. The van der Waals surface area contributed by atoms with Gasteiger partial charge in [-0.25, -0.2) is 0 Å². The van der Waals surface area contributed by atoms with Crippen LogP contribution in [0.1, 0.15) is 30.4 Å². The summed E-state index contributed by atoms with van der Waals surface area (Å²) in [7, 11) is 0. The molecule has 0 saturated carbocycles. The summed E-state index contributed by atoms with van der Waals surface area (Å²) in [6.45, 7) is 3.63. The number of hydrogen-bond donors (Lipinski definition) is 1. The van der Waals surface area contributed by atoms with E-state index in [1.54, 1.807) is 0 Å². The average molecular weight is 270 g/mol. The fourth-order valence-corrected chi connectivity index (χ4v) is 2.49. The SMILES string of the molecule is CC(CN)c1cc(Br)cc2c1OCCC2. The van der Waals surface area contributed by atoms with E-state index in [4.69, 9.17) is 10.5 Å². The van der Waals surface area contributed by atoms with E-state index in [-0.39, 0.29) is 0 Å². The van der Waals surface area contributed by atoms with Crippen molar-refractivity contribution in [2.75, 3.05) is 13.2 Å². The van der Waals surface area contributed by atoms with E-state index in [1.165, 1.54) is 11.1 Å². The van der Waals surface area contributed by atoms with Crippen LogP contribution in [0.15, 0.2) is 16.6 Å². The largest absolute Gasteiger partial charge is 0.493 e. The maximum Gasteiger partial charge on any atom is 0.126 e. The zero-order chi connectivity index (χ0) is 10.8. The van der Waals surface area contributed by atoms with Gasteiger partial charge >= 0.3 is 0 Å². The van der Waals surface area contributed by atoms with Crippen LogP contribution < -0.4 is 10.5 Å². The molecule has 1 aliphatic heterocycles. The minimum absolute atomic E-state index is 0.356. The highest BCUT2D eigenvalue weighted by molar-refractivity contribution is 9.10. The Morgan fingerprint density at radius 1 is 1.53 bits per heavy atom. The molecular formula is C12H16BrNO. The molecule has 0 aliphatic carbocycles. The molecule has 0 aromatic heterocycles. The van der Waals surface area contributed by atoms with Crippen molar-refractivity contribution < 1.29 is 4.74 Å². The Morgan fingerprint density at radius 3 is 3.07 bits per heavy atom. The highest BCUT2D eigenvalue weighted by Gasteiger charge is 2.18. The predicted molar refractivity (Wildman–Crippen MR) is 65.4 cm³/mol. The van der Waals surface area contributed by atoms with E-state index in [9.17, 15) is 0 Å². The maximum atomic E-state index is 5.76. The first-order valence-corrected chi connectivity index (χ1v) is 6.17. The smallest absolute Gasteiger partial charge is 0.126 e. The summed E-state index contributed by atoms with van der Waals surface area (Å²) < 4.78 is 6.88. The first kappa shape index (κ1) is 11.0. The Balaban J connectivity index is 2.47. The quantitative estimate of drug-likeness (QED) is 0.896. The van der Waals surface area contributed by atoms with Crippen molar-refractivity contribution in [1.82, 2.24) is 0 Å². The zero-order valence-corrected chi connectivity index (χ0v) is 10.5. The van der Waals surface area contributed by atoms with Crippen LogP contribution in [0.3, 0.4) is 0 Å². The van der Waals surface area contributed by atoms with E-state index in [2.05, 4.69) is 35.0 Å². The molecule has 0 spiro atoms. The number of nitrogens with two attached hydrogens (primary N) is 1. The van der Waals surface area contributed by atoms with Gasteiger partial charge < -0.3 is 10.5 Å². The van der Waals surface area contributed by atoms with Crippen LogP contribution in [0, 0.1) is 0 Å². The number of ether oxygens (including phenoxy) is 1. The molecule has 0 radical (unpaired) electrons. The lowest BCUT2D eigenvalue weighted by molar-refractivity contribution is 0.283. The first-order chi connectivity index (χ1) is 7.22. The number of aryl methyl sites for hydroxylation is 1. The van der Waals surface area contributed by atoms with Crippen molar-refractivity contribution in [3.05, 3.63) is 27.7 Å². The second-order valence-corrected chi connectivity index (χ2v) is 4.99. The van der Waals surface area contributed by atoms with E-state index in [0.717, 1.165) is 29.7 Å². The van der Waals surface area contributed by atoms with Crippen molar-refractivity contribution in [2.24, 2.45) is 5.73 Å². The Bertz CT molecular complexity index is 365. The van der Waals surface area contributed by atoms with E-state index >= 15 is 0 Å². The summed E-state index contributed by atoms with van der Waals surface area (Å²) in [5.74, 6) is 1.43. The van der Waals surface area contributed by atoms with Gasteiger partial charge in [0.2, 0.25) is 0 Å². The molecule has 2 rings (SSSR count). The molecule has 1 aromatic rings. The third-order valence-corrected chi connectivity index (χ3v) is 3.34. The summed E-state index contributed by atoms with van der Waals surface area (Å²) in [4.78, 5) is 0. The number of rotatable bonds is 2. The third kappa shape index (κ3) is 2.18. The summed E-state index contributed by atoms with van der Waals surface area (Å²) in [6, 6.07) is 4.28. The minimum atomic E-state index is 0.356.